The lowest BCUT2D eigenvalue weighted by atomic mass is 9.92. The molecule has 0 saturated heterocycles. The van der Waals surface area contributed by atoms with Crippen LogP contribution in [-0.4, -0.2) is 35.1 Å². The first kappa shape index (κ1) is 28.1. The van der Waals surface area contributed by atoms with Gasteiger partial charge in [0.25, 0.3) is 5.89 Å². The van der Waals surface area contributed by atoms with Crippen molar-refractivity contribution in [1.29, 1.82) is 0 Å². The van der Waals surface area contributed by atoms with Crippen LogP contribution >= 0.6 is 46.4 Å². The number of ketones is 1. The lowest BCUT2D eigenvalue weighted by Gasteiger charge is -2.16. The first-order valence-corrected chi connectivity index (χ1v) is 15.2. The van der Waals surface area contributed by atoms with Crippen LogP contribution in [0.1, 0.15) is 42.3 Å². The van der Waals surface area contributed by atoms with Crippen LogP contribution in [0.2, 0.25) is 20.1 Å². The molecule has 5 rings (SSSR count). The Morgan fingerprint density at radius 3 is 2.21 bits per heavy atom. The molecule has 0 spiro atoms. The normalized spacial score (nSPS) is 14.4. The van der Waals surface area contributed by atoms with E-state index in [4.69, 9.17) is 50.9 Å². The Morgan fingerprint density at radius 1 is 0.923 bits per heavy atom. The molecule has 202 valence electrons. The lowest BCUT2D eigenvalue weighted by molar-refractivity contribution is -0.117. The average Bonchev–Trinajstić information content (AvgIpc) is 3.51. The van der Waals surface area contributed by atoms with Gasteiger partial charge in [-0.05, 0) is 60.4 Å². The number of Topliss-reactive ketones (excluding diaryl/α,β-unsaturated/α-hetero) is 1. The number of carbonyl (C=O) groups excluding carboxylic acids is 1. The first-order chi connectivity index (χ1) is 18.5. The van der Waals surface area contributed by atoms with Gasteiger partial charge in [-0.3, -0.25) is 4.79 Å². The third kappa shape index (κ3) is 5.72. The highest BCUT2D eigenvalue weighted by Crippen LogP contribution is 2.56. The number of aromatic nitrogens is 3. The van der Waals surface area contributed by atoms with Crippen LogP contribution in [0.15, 0.2) is 58.2 Å². The van der Waals surface area contributed by atoms with E-state index >= 15 is 0 Å². The van der Waals surface area contributed by atoms with E-state index in [1.807, 2.05) is 0 Å². The van der Waals surface area contributed by atoms with Crippen LogP contribution in [-0.2, 0) is 32.9 Å². The minimum absolute atomic E-state index is 0.00459. The summed E-state index contributed by atoms with van der Waals surface area (Å²) in [5.41, 5.74) is 2.04. The van der Waals surface area contributed by atoms with Gasteiger partial charge in [0, 0.05) is 40.2 Å². The number of sulfone groups is 1. The molecule has 0 atom stereocenters. The maximum Gasteiger partial charge on any atom is 0.258 e. The molecule has 1 fully saturated rings. The van der Waals surface area contributed by atoms with Gasteiger partial charge < -0.3 is 4.52 Å². The molecule has 4 aromatic rings. The zero-order valence-corrected chi connectivity index (χ0v) is 24.4. The molecule has 0 bridgehead atoms. The Morgan fingerprint density at radius 2 is 1.62 bits per heavy atom. The third-order valence-corrected chi connectivity index (χ3v) is 9.62. The predicted octanol–water partition coefficient (Wildman–Crippen LogP) is 6.97. The Kier molecular flexibility index (Phi) is 7.79. The molecule has 0 aliphatic heterocycles. The summed E-state index contributed by atoms with van der Waals surface area (Å²) in [7, 11) is -3.40. The Labute approximate surface area is 245 Å². The Balaban J connectivity index is 1.33. The molecule has 0 unspecified atom stereocenters. The lowest BCUT2D eigenvalue weighted by Crippen LogP contribution is -2.14. The zero-order valence-electron chi connectivity index (χ0n) is 20.5. The monoisotopic (exact) mass is 623 g/mol. The van der Waals surface area contributed by atoms with Crippen molar-refractivity contribution in [2.24, 2.45) is 0 Å². The molecule has 7 nitrogen and oxygen atoms in total. The summed E-state index contributed by atoms with van der Waals surface area (Å²) >= 11 is 25.6. The molecular formula is C27H21Cl4N3O4S. The van der Waals surface area contributed by atoms with Gasteiger partial charge in [0.2, 0.25) is 0 Å². The van der Waals surface area contributed by atoms with Crippen LogP contribution in [0.4, 0.5) is 0 Å². The largest absolute Gasteiger partial charge is 0.334 e. The average molecular weight is 625 g/mol. The molecule has 1 aliphatic rings. The van der Waals surface area contributed by atoms with Gasteiger partial charge in [0.05, 0.1) is 21.2 Å². The highest BCUT2D eigenvalue weighted by molar-refractivity contribution is 7.91. The van der Waals surface area contributed by atoms with Crippen LogP contribution in [0, 0.1) is 0 Å². The highest BCUT2D eigenvalue weighted by atomic mass is 35.5. The number of nitrogens with zero attached hydrogens (tertiary/aromatic N) is 3. The van der Waals surface area contributed by atoms with E-state index in [1.54, 1.807) is 43.3 Å². The highest BCUT2D eigenvalue weighted by Gasteiger charge is 2.52. The fourth-order valence-corrected chi connectivity index (χ4v) is 6.40. The van der Waals surface area contributed by atoms with Crippen molar-refractivity contribution in [3.8, 4) is 11.5 Å². The van der Waals surface area contributed by atoms with Crippen molar-refractivity contribution < 1.29 is 17.7 Å². The molecule has 1 aliphatic carbocycles. The maximum atomic E-state index is 12.8. The minimum Gasteiger partial charge on any atom is -0.334 e. The van der Waals surface area contributed by atoms with Gasteiger partial charge in [0.15, 0.2) is 20.7 Å². The second-order valence-electron chi connectivity index (χ2n) is 9.37. The number of carbonyl (C=O) groups is 1. The van der Waals surface area contributed by atoms with E-state index in [1.165, 1.54) is 12.3 Å². The molecule has 0 N–H and O–H groups in total. The molecule has 0 amide bonds. The fraction of sp³-hybridized carbons (Fsp3) is 0.259. The topological polar surface area (TPSA) is 103 Å². The van der Waals surface area contributed by atoms with E-state index in [9.17, 15) is 13.2 Å². The second kappa shape index (κ2) is 10.8. The van der Waals surface area contributed by atoms with E-state index in [-0.39, 0.29) is 29.4 Å². The Bertz CT molecular complexity index is 1660. The molecule has 12 heteroatoms. The molecule has 2 aromatic heterocycles. The third-order valence-electron chi connectivity index (χ3n) is 6.65. The van der Waals surface area contributed by atoms with E-state index in [2.05, 4.69) is 15.1 Å². The summed E-state index contributed by atoms with van der Waals surface area (Å²) in [6.45, 7) is 1.55. The van der Waals surface area contributed by atoms with Crippen LogP contribution < -0.4 is 0 Å². The molecule has 2 aromatic carbocycles. The van der Waals surface area contributed by atoms with Gasteiger partial charge in [-0.25, -0.2) is 13.4 Å². The smallest absolute Gasteiger partial charge is 0.258 e. The van der Waals surface area contributed by atoms with E-state index < -0.39 is 15.3 Å². The molecule has 0 radical (unpaired) electrons. The number of hydrogen-bond acceptors (Lipinski definition) is 7. The standard InChI is InChI=1S/C27H21Cl4N3O4S/c1-2-39(36,37)23-6-3-15(14-32-23)9-18(35)10-16-11-21(30)24(22(31)12-16)27(7-8-27)26-33-25(38-34-26)17-4-5-19(28)20(29)13-17/h3-6,11-14H,2,7-10H2,1H3. The van der Waals surface area contributed by atoms with Crippen molar-refractivity contribution in [1.82, 2.24) is 15.1 Å². The number of pyridine rings is 1. The zero-order chi connectivity index (χ0) is 27.9. The van der Waals surface area contributed by atoms with E-state index in [0.717, 1.165) is 12.8 Å². The fourth-order valence-electron chi connectivity index (χ4n) is 4.42. The first-order valence-electron chi connectivity index (χ1n) is 12.0. The minimum atomic E-state index is -3.40. The summed E-state index contributed by atoms with van der Waals surface area (Å²) in [6.07, 6.45) is 3.09. The van der Waals surface area contributed by atoms with Gasteiger partial charge in [-0.15, -0.1) is 0 Å². The quantitative estimate of drug-likeness (QED) is 0.198. The SMILES string of the molecule is CCS(=O)(=O)c1ccc(CC(=O)Cc2cc(Cl)c(C3(c4noc(-c5ccc(Cl)c(Cl)c5)n4)CC3)c(Cl)c2)cn1. The number of benzene rings is 2. The predicted molar refractivity (Wildman–Crippen MR) is 151 cm³/mol. The number of halogens is 4. The Hall–Kier alpha value is -2.49. The van der Waals surface area contributed by atoms with Crippen molar-refractivity contribution in [2.45, 2.75) is 43.0 Å². The molecule has 2 heterocycles. The second-order valence-corrected chi connectivity index (χ2v) is 13.2. The van der Waals surface area contributed by atoms with Gasteiger partial charge in [-0.1, -0.05) is 64.6 Å². The van der Waals surface area contributed by atoms with Crippen molar-refractivity contribution in [3.63, 3.8) is 0 Å². The summed E-state index contributed by atoms with van der Waals surface area (Å²) in [5, 5.41) is 5.84. The van der Waals surface area contributed by atoms with Crippen molar-refractivity contribution in [2.75, 3.05) is 5.75 Å². The van der Waals surface area contributed by atoms with Gasteiger partial charge in [-0.2, -0.15) is 4.98 Å². The van der Waals surface area contributed by atoms with Gasteiger partial charge in [0.1, 0.15) is 5.78 Å². The van der Waals surface area contributed by atoms with Gasteiger partial charge >= 0.3 is 0 Å². The molecule has 39 heavy (non-hydrogen) atoms. The number of hydrogen-bond donors (Lipinski definition) is 0. The van der Waals surface area contributed by atoms with Crippen LogP contribution in [0.25, 0.3) is 11.5 Å². The molecule has 1 saturated carbocycles. The van der Waals surface area contributed by atoms with Crippen LogP contribution in [0.3, 0.4) is 0 Å². The maximum absolute atomic E-state index is 12.8. The summed E-state index contributed by atoms with van der Waals surface area (Å²) in [4.78, 5) is 21.4. The summed E-state index contributed by atoms with van der Waals surface area (Å²) < 4.78 is 29.4. The van der Waals surface area contributed by atoms with Crippen molar-refractivity contribution in [3.05, 3.63) is 91.3 Å². The summed E-state index contributed by atoms with van der Waals surface area (Å²) in [5.74, 6) is 0.645. The van der Waals surface area contributed by atoms with Crippen LogP contribution in [0.5, 0.6) is 0 Å². The number of rotatable bonds is 9. The summed E-state index contributed by atoms with van der Waals surface area (Å²) in [6, 6.07) is 11.5. The van der Waals surface area contributed by atoms with E-state index in [0.29, 0.717) is 54.1 Å². The molecular weight excluding hydrogens is 604 g/mol. The van der Waals surface area contributed by atoms with Crippen molar-refractivity contribution >= 4 is 62.0 Å².